The first-order chi connectivity index (χ1) is 6.77. The zero-order valence-corrected chi connectivity index (χ0v) is 7.77. The molecule has 0 aliphatic carbocycles. The van der Waals surface area contributed by atoms with Gasteiger partial charge in [-0.3, -0.25) is 5.26 Å². The van der Waals surface area contributed by atoms with Crippen LogP contribution in [-0.4, -0.2) is 25.3 Å². The van der Waals surface area contributed by atoms with Crippen LogP contribution in [0.3, 0.4) is 0 Å². The standard InChI is InChI=1S/C9H10BO4/c1-2-13-9(11)7-3-5-8(6-4-7)10-14-12/h3-6,12H,2H2,1H3. The molecular formula is C9H10BO4. The van der Waals surface area contributed by atoms with Crippen molar-refractivity contribution in [1.82, 2.24) is 0 Å². The van der Waals surface area contributed by atoms with Gasteiger partial charge in [0.25, 0.3) is 0 Å². The second-order valence-electron chi connectivity index (χ2n) is 2.57. The molecule has 1 aromatic rings. The van der Waals surface area contributed by atoms with E-state index < -0.39 is 0 Å². The fourth-order valence-electron chi connectivity index (χ4n) is 0.973. The Morgan fingerprint density at radius 1 is 1.43 bits per heavy atom. The third-order valence-corrected chi connectivity index (χ3v) is 1.61. The summed E-state index contributed by atoms with van der Waals surface area (Å²) in [6.45, 7) is 2.10. The number of carbonyl (C=O) groups is 1. The summed E-state index contributed by atoms with van der Waals surface area (Å²) < 4.78 is 4.80. The van der Waals surface area contributed by atoms with Crippen molar-refractivity contribution >= 4 is 18.9 Å². The zero-order chi connectivity index (χ0) is 10.4. The molecule has 0 unspecified atom stereocenters. The Hall–Kier alpha value is -1.33. The van der Waals surface area contributed by atoms with Crippen LogP contribution in [0, 0.1) is 0 Å². The fourth-order valence-corrected chi connectivity index (χ4v) is 0.973. The van der Waals surface area contributed by atoms with Gasteiger partial charge in [-0.25, -0.2) is 4.79 Å². The second kappa shape index (κ2) is 5.41. The quantitative estimate of drug-likeness (QED) is 0.329. The molecule has 0 aromatic heterocycles. The lowest BCUT2D eigenvalue weighted by molar-refractivity contribution is -0.135. The van der Waals surface area contributed by atoms with Crippen LogP contribution in [0.4, 0.5) is 0 Å². The summed E-state index contributed by atoms with van der Waals surface area (Å²) in [5, 5.41) is 8.14. The molecule has 0 fully saturated rings. The number of carbonyl (C=O) groups excluding carboxylic acids is 1. The smallest absolute Gasteiger partial charge is 0.381 e. The molecule has 0 saturated heterocycles. The van der Waals surface area contributed by atoms with Gasteiger partial charge in [0.05, 0.1) is 12.2 Å². The lowest BCUT2D eigenvalue weighted by Gasteiger charge is -2.01. The van der Waals surface area contributed by atoms with Crippen molar-refractivity contribution in [3.8, 4) is 0 Å². The van der Waals surface area contributed by atoms with Gasteiger partial charge < -0.3 is 9.54 Å². The van der Waals surface area contributed by atoms with E-state index in [2.05, 4.69) is 4.81 Å². The molecular weight excluding hydrogens is 183 g/mol. The van der Waals surface area contributed by atoms with Crippen molar-refractivity contribution in [2.45, 2.75) is 6.92 Å². The minimum Gasteiger partial charge on any atom is -0.462 e. The van der Waals surface area contributed by atoms with Gasteiger partial charge in [0.1, 0.15) is 0 Å². The molecule has 0 spiro atoms. The van der Waals surface area contributed by atoms with Gasteiger partial charge in [-0.05, 0) is 19.1 Å². The Bertz CT molecular complexity index is 296. The Kier molecular flexibility index (Phi) is 4.16. The highest BCUT2D eigenvalue weighted by atomic mass is 17.1. The maximum atomic E-state index is 11.2. The fraction of sp³-hybridized carbons (Fsp3) is 0.222. The number of benzene rings is 1. The van der Waals surface area contributed by atoms with Crippen LogP contribution in [0.25, 0.3) is 0 Å². The lowest BCUT2D eigenvalue weighted by atomic mass is 9.88. The van der Waals surface area contributed by atoms with Crippen LogP contribution >= 0.6 is 0 Å². The van der Waals surface area contributed by atoms with Crippen LogP contribution < -0.4 is 5.46 Å². The molecule has 0 bridgehead atoms. The molecule has 1 N–H and O–H groups in total. The Labute approximate surface area is 82.7 Å². The van der Waals surface area contributed by atoms with Crippen LogP contribution in [0.5, 0.6) is 0 Å². The molecule has 0 saturated carbocycles. The van der Waals surface area contributed by atoms with Gasteiger partial charge in [-0.1, -0.05) is 17.6 Å². The molecule has 0 aliphatic heterocycles. The first-order valence-electron chi connectivity index (χ1n) is 4.18. The van der Waals surface area contributed by atoms with E-state index in [-0.39, 0.29) is 5.97 Å². The Balaban J connectivity index is 2.67. The van der Waals surface area contributed by atoms with Gasteiger partial charge in [-0.15, -0.1) is 0 Å². The molecule has 1 aromatic carbocycles. The lowest BCUT2D eigenvalue weighted by Crippen LogP contribution is -2.16. The first kappa shape index (κ1) is 10.8. The van der Waals surface area contributed by atoms with Crippen molar-refractivity contribution in [2.75, 3.05) is 6.61 Å². The summed E-state index contributed by atoms with van der Waals surface area (Å²) >= 11 is 0. The highest BCUT2D eigenvalue weighted by Gasteiger charge is 2.05. The van der Waals surface area contributed by atoms with E-state index >= 15 is 0 Å². The summed E-state index contributed by atoms with van der Waals surface area (Å²) in [6.07, 6.45) is 0. The molecule has 4 nitrogen and oxygen atoms in total. The molecule has 0 atom stereocenters. The van der Waals surface area contributed by atoms with E-state index in [0.717, 1.165) is 7.48 Å². The second-order valence-corrected chi connectivity index (χ2v) is 2.57. The van der Waals surface area contributed by atoms with Gasteiger partial charge >= 0.3 is 13.5 Å². The average Bonchev–Trinajstić information content (AvgIpc) is 2.20. The summed E-state index contributed by atoms with van der Waals surface area (Å²) in [5.74, 6) is -0.357. The predicted octanol–water partition coefficient (Wildman–Crippen LogP) is 0.597. The third-order valence-electron chi connectivity index (χ3n) is 1.61. The van der Waals surface area contributed by atoms with Gasteiger partial charge in [0.15, 0.2) is 0 Å². The van der Waals surface area contributed by atoms with Crippen LogP contribution in [0.2, 0.25) is 0 Å². The first-order valence-corrected chi connectivity index (χ1v) is 4.18. The Morgan fingerprint density at radius 2 is 2.07 bits per heavy atom. The summed E-state index contributed by atoms with van der Waals surface area (Å²) in [5.41, 5.74) is 1.14. The van der Waals surface area contributed by atoms with Crippen LogP contribution in [0.1, 0.15) is 17.3 Å². The maximum Gasteiger partial charge on any atom is 0.381 e. The number of esters is 1. The monoisotopic (exact) mass is 193 g/mol. The van der Waals surface area contributed by atoms with Crippen molar-refractivity contribution in [1.29, 1.82) is 0 Å². The van der Waals surface area contributed by atoms with Crippen LogP contribution in [0.15, 0.2) is 24.3 Å². The predicted molar refractivity (Wildman–Crippen MR) is 51.5 cm³/mol. The van der Waals surface area contributed by atoms with E-state index in [0.29, 0.717) is 17.6 Å². The normalized spacial score (nSPS) is 9.57. The van der Waals surface area contributed by atoms with E-state index in [1.54, 1.807) is 31.2 Å². The van der Waals surface area contributed by atoms with Crippen molar-refractivity contribution < 1.29 is 19.6 Å². The van der Waals surface area contributed by atoms with E-state index in [1.165, 1.54) is 0 Å². The SMILES string of the molecule is CCOC(=O)c1ccc([B]OO)cc1. The minimum atomic E-state index is -0.357. The van der Waals surface area contributed by atoms with E-state index in [9.17, 15) is 4.79 Å². The molecule has 0 aliphatic rings. The van der Waals surface area contributed by atoms with Gasteiger partial charge in [-0.2, -0.15) is 0 Å². The summed E-state index contributed by atoms with van der Waals surface area (Å²) in [6, 6.07) is 6.48. The number of hydrogen-bond acceptors (Lipinski definition) is 4. The minimum absolute atomic E-state index is 0.354. The highest BCUT2D eigenvalue weighted by Crippen LogP contribution is 1.99. The Morgan fingerprint density at radius 3 is 2.57 bits per heavy atom. The van der Waals surface area contributed by atoms with Gasteiger partial charge in [0, 0.05) is 0 Å². The van der Waals surface area contributed by atoms with Gasteiger partial charge in [0.2, 0.25) is 0 Å². The molecule has 5 heteroatoms. The van der Waals surface area contributed by atoms with Crippen molar-refractivity contribution in [2.24, 2.45) is 0 Å². The van der Waals surface area contributed by atoms with Crippen LogP contribution in [-0.2, 0) is 9.54 Å². The average molecular weight is 193 g/mol. The topological polar surface area (TPSA) is 55.8 Å². The zero-order valence-electron chi connectivity index (χ0n) is 7.77. The number of rotatable bonds is 4. The maximum absolute atomic E-state index is 11.2. The summed E-state index contributed by atoms with van der Waals surface area (Å²) in [4.78, 5) is 15.0. The van der Waals surface area contributed by atoms with E-state index in [4.69, 9.17) is 9.99 Å². The number of hydrogen-bond donors (Lipinski definition) is 1. The third kappa shape index (κ3) is 2.87. The van der Waals surface area contributed by atoms with E-state index in [1.807, 2.05) is 0 Å². The molecule has 0 amide bonds. The largest absolute Gasteiger partial charge is 0.462 e. The van der Waals surface area contributed by atoms with Crippen molar-refractivity contribution in [3.63, 3.8) is 0 Å². The molecule has 0 heterocycles. The van der Waals surface area contributed by atoms with Crippen molar-refractivity contribution in [3.05, 3.63) is 29.8 Å². The molecule has 1 radical (unpaired) electrons. The highest BCUT2D eigenvalue weighted by molar-refractivity contribution is 6.46. The molecule has 1 rings (SSSR count). The molecule has 14 heavy (non-hydrogen) atoms. The summed E-state index contributed by atoms with van der Waals surface area (Å²) in [7, 11) is 1.16. The number of ether oxygens (including phenoxy) is 1. The molecule has 73 valence electrons.